The Morgan fingerprint density at radius 1 is 1.17 bits per heavy atom. The molecule has 1 aromatic carbocycles. The fraction of sp³-hybridized carbons (Fsp3) is 0.588. The summed E-state index contributed by atoms with van der Waals surface area (Å²) >= 11 is 0. The molecule has 1 aromatic heterocycles. The van der Waals surface area contributed by atoms with Crippen LogP contribution in [0.2, 0.25) is 0 Å². The molecular formula is C17H28N6O+2. The van der Waals surface area contributed by atoms with Crippen molar-refractivity contribution < 1.29 is 14.5 Å². The lowest BCUT2D eigenvalue weighted by Gasteiger charge is -2.32. The maximum absolute atomic E-state index is 5.20. The van der Waals surface area contributed by atoms with E-state index in [0.29, 0.717) is 13.2 Å². The summed E-state index contributed by atoms with van der Waals surface area (Å²) in [4.78, 5) is 3.14. The van der Waals surface area contributed by atoms with Crippen molar-refractivity contribution in [1.82, 2.24) is 20.2 Å². The number of hydrogen-bond donors (Lipinski definition) is 2. The first-order valence-corrected chi connectivity index (χ1v) is 8.66. The Bertz CT molecular complexity index is 633. The van der Waals surface area contributed by atoms with Crippen molar-refractivity contribution in [2.75, 3.05) is 46.9 Å². The number of piperazine rings is 1. The van der Waals surface area contributed by atoms with Crippen LogP contribution in [0, 0.1) is 6.92 Å². The average Bonchev–Trinajstić information content (AvgIpc) is 3.05. The fourth-order valence-corrected chi connectivity index (χ4v) is 3.37. The Morgan fingerprint density at radius 2 is 1.88 bits per heavy atom. The number of tetrazole rings is 1. The maximum atomic E-state index is 5.20. The number of ether oxygens (including phenoxy) is 1. The number of hydrogen-bond acceptors (Lipinski definition) is 4. The third kappa shape index (κ3) is 3.80. The molecule has 0 saturated carbocycles. The summed E-state index contributed by atoms with van der Waals surface area (Å²) in [7, 11) is 3.97. The number of aromatic nitrogens is 4. The minimum atomic E-state index is 0.172. The molecule has 1 fully saturated rings. The van der Waals surface area contributed by atoms with Gasteiger partial charge in [-0.2, -0.15) is 0 Å². The molecule has 1 atom stereocenters. The first kappa shape index (κ1) is 17.0. The molecule has 2 N–H and O–H groups in total. The molecular weight excluding hydrogens is 304 g/mol. The Balaban J connectivity index is 1.92. The Kier molecular flexibility index (Phi) is 5.55. The normalized spacial score (nSPS) is 22.5. The van der Waals surface area contributed by atoms with Crippen LogP contribution in [0.15, 0.2) is 24.3 Å². The second-order valence-corrected chi connectivity index (χ2v) is 6.71. The molecule has 0 unspecified atom stereocenters. The smallest absolute Gasteiger partial charge is 0.214 e. The molecule has 3 rings (SSSR count). The van der Waals surface area contributed by atoms with Crippen LogP contribution in [0.4, 0.5) is 0 Å². The van der Waals surface area contributed by atoms with E-state index in [1.165, 1.54) is 29.1 Å². The van der Waals surface area contributed by atoms with Gasteiger partial charge in [-0.3, -0.25) is 0 Å². The van der Waals surface area contributed by atoms with E-state index in [1.807, 2.05) is 4.68 Å². The van der Waals surface area contributed by atoms with E-state index >= 15 is 0 Å². The number of rotatable bonds is 6. The predicted molar refractivity (Wildman–Crippen MR) is 90.0 cm³/mol. The van der Waals surface area contributed by atoms with Crippen LogP contribution in [-0.4, -0.2) is 67.2 Å². The first-order chi connectivity index (χ1) is 11.7. The predicted octanol–water partition coefficient (Wildman–Crippen LogP) is -1.87. The van der Waals surface area contributed by atoms with Gasteiger partial charge in [0, 0.05) is 12.7 Å². The van der Waals surface area contributed by atoms with Gasteiger partial charge in [0.15, 0.2) is 6.04 Å². The molecule has 0 aliphatic carbocycles. The van der Waals surface area contributed by atoms with E-state index in [2.05, 4.69) is 53.8 Å². The van der Waals surface area contributed by atoms with Gasteiger partial charge in [-0.1, -0.05) is 29.8 Å². The van der Waals surface area contributed by atoms with Gasteiger partial charge in [0.25, 0.3) is 0 Å². The SMILES string of the molecule is COCCn1nnnc1[C@H](c1ccc(C)cc1)[NH+]1CC[NH+](C)CC1. The summed E-state index contributed by atoms with van der Waals surface area (Å²) in [6.45, 7) is 8.02. The van der Waals surface area contributed by atoms with Crippen molar-refractivity contribution in [2.24, 2.45) is 0 Å². The number of nitrogens with one attached hydrogen (secondary N) is 2. The third-order valence-corrected chi connectivity index (χ3v) is 4.89. The highest BCUT2D eigenvalue weighted by Gasteiger charge is 2.34. The van der Waals surface area contributed by atoms with Crippen LogP contribution in [0.5, 0.6) is 0 Å². The van der Waals surface area contributed by atoms with E-state index in [1.54, 1.807) is 12.0 Å². The lowest BCUT2D eigenvalue weighted by atomic mass is 10.0. The van der Waals surface area contributed by atoms with Gasteiger partial charge in [-0.25, -0.2) is 4.68 Å². The van der Waals surface area contributed by atoms with Gasteiger partial charge in [0.2, 0.25) is 5.82 Å². The van der Waals surface area contributed by atoms with E-state index < -0.39 is 0 Å². The third-order valence-electron chi connectivity index (χ3n) is 4.89. The Morgan fingerprint density at radius 3 is 2.54 bits per heavy atom. The molecule has 0 bridgehead atoms. The molecule has 0 radical (unpaired) electrons. The summed E-state index contributed by atoms with van der Waals surface area (Å²) in [5.74, 6) is 0.936. The quantitative estimate of drug-likeness (QED) is 0.651. The molecule has 2 aromatic rings. The molecule has 7 heteroatoms. The molecule has 2 heterocycles. The zero-order valence-electron chi connectivity index (χ0n) is 14.8. The van der Waals surface area contributed by atoms with Crippen LogP contribution in [0.1, 0.15) is 23.0 Å². The highest BCUT2D eigenvalue weighted by Crippen LogP contribution is 2.17. The molecule has 1 aliphatic rings. The minimum absolute atomic E-state index is 0.172. The van der Waals surface area contributed by atoms with Crippen molar-refractivity contribution in [3.8, 4) is 0 Å². The van der Waals surface area contributed by atoms with Crippen molar-refractivity contribution >= 4 is 0 Å². The highest BCUT2D eigenvalue weighted by atomic mass is 16.5. The standard InChI is InChI=1S/C17H26N6O/c1-14-4-6-15(7-5-14)16(22-10-8-21(2)9-11-22)17-18-19-20-23(17)12-13-24-3/h4-7,16H,8-13H2,1-3H3/p+2/t16-/m0/s1. The highest BCUT2D eigenvalue weighted by molar-refractivity contribution is 5.26. The second-order valence-electron chi connectivity index (χ2n) is 6.71. The lowest BCUT2D eigenvalue weighted by Crippen LogP contribution is -3.27. The summed E-state index contributed by atoms with van der Waals surface area (Å²) in [5, 5.41) is 12.5. The van der Waals surface area contributed by atoms with E-state index in [4.69, 9.17) is 4.74 Å². The maximum Gasteiger partial charge on any atom is 0.214 e. The summed E-state index contributed by atoms with van der Waals surface area (Å²) in [5.41, 5.74) is 2.55. The lowest BCUT2D eigenvalue weighted by molar-refractivity contribution is -1.02. The molecule has 130 valence electrons. The molecule has 24 heavy (non-hydrogen) atoms. The number of aryl methyl sites for hydroxylation is 1. The van der Waals surface area contributed by atoms with Crippen molar-refractivity contribution in [1.29, 1.82) is 0 Å². The van der Waals surface area contributed by atoms with Crippen LogP contribution >= 0.6 is 0 Å². The van der Waals surface area contributed by atoms with Gasteiger partial charge in [0.05, 0.1) is 20.2 Å². The van der Waals surface area contributed by atoms with Gasteiger partial charge >= 0.3 is 0 Å². The Hall–Kier alpha value is -1.83. The molecule has 1 aliphatic heterocycles. The van der Waals surface area contributed by atoms with Crippen LogP contribution in [0.3, 0.4) is 0 Å². The molecule has 7 nitrogen and oxygen atoms in total. The molecule has 0 amide bonds. The summed E-state index contributed by atoms with van der Waals surface area (Å²) < 4.78 is 7.10. The Labute approximate surface area is 143 Å². The molecule has 0 spiro atoms. The number of likely N-dealkylation sites (N-methyl/N-ethyl adjacent to an activating group) is 1. The first-order valence-electron chi connectivity index (χ1n) is 8.66. The zero-order chi connectivity index (χ0) is 16.9. The van der Waals surface area contributed by atoms with Gasteiger partial charge in [0.1, 0.15) is 26.2 Å². The number of methoxy groups -OCH3 is 1. The van der Waals surface area contributed by atoms with E-state index in [9.17, 15) is 0 Å². The average molecular weight is 332 g/mol. The zero-order valence-corrected chi connectivity index (χ0v) is 14.8. The van der Waals surface area contributed by atoms with Gasteiger partial charge in [-0.05, 0) is 17.4 Å². The second kappa shape index (κ2) is 7.83. The van der Waals surface area contributed by atoms with Gasteiger partial charge < -0.3 is 14.5 Å². The summed E-state index contributed by atoms with van der Waals surface area (Å²) in [6, 6.07) is 8.95. The fourth-order valence-electron chi connectivity index (χ4n) is 3.37. The van der Waals surface area contributed by atoms with Crippen molar-refractivity contribution in [3.63, 3.8) is 0 Å². The number of benzene rings is 1. The minimum Gasteiger partial charge on any atom is -0.383 e. The van der Waals surface area contributed by atoms with Crippen LogP contribution in [-0.2, 0) is 11.3 Å². The van der Waals surface area contributed by atoms with E-state index in [0.717, 1.165) is 18.9 Å². The number of quaternary nitrogens is 2. The topological polar surface area (TPSA) is 61.7 Å². The number of nitrogens with zero attached hydrogens (tertiary/aromatic N) is 4. The molecule has 1 saturated heterocycles. The van der Waals surface area contributed by atoms with Crippen LogP contribution in [0.25, 0.3) is 0 Å². The van der Waals surface area contributed by atoms with Crippen LogP contribution < -0.4 is 9.80 Å². The monoisotopic (exact) mass is 332 g/mol. The van der Waals surface area contributed by atoms with Gasteiger partial charge in [-0.15, -0.1) is 5.10 Å². The van der Waals surface area contributed by atoms with E-state index in [-0.39, 0.29) is 6.04 Å². The largest absolute Gasteiger partial charge is 0.383 e. The summed E-state index contributed by atoms with van der Waals surface area (Å²) in [6.07, 6.45) is 0. The van der Waals surface area contributed by atoms with Crippen molar-refractivity contribution in [3.05, 3.63) is 41.2 Å². The van der Waals surface area contributed by atoms with Crippen molar-refractivity contribution in [2.45, 2.75) is 19.5 Å².